The molecule has 1 aromatic carbocycles. The minimum atomic E-state index is -0.605. The Bertz CT molecular complexity index is 466. The zero-order valence-corrected chi connectivity index (χ0v) is 9.64. The molecule has 1 aromatic rings. The van der Waals surface area contributed by atoms with Crippen molar-refractivity contribution in [3.8, 4) is 11.8 Å². The Morgan fingerprint density at radius 3 is 2.76 bits per heavy atom. The minimum absolute atomic E-state index is 0.105. The number of aromatic hydroxyl groups is 1. The van der Waals surface area contributed by atoms with Crippen LogP contribution < -0.4 is 0 Å². The zero-order chi connectivity index (χ0) is 13.0. The van der Waals surface area contributed by atoms with Crippen molar-refractivity contribution in [3.63, 3.8) is 0 Å². The zero-order valence-electron chi connectivity index (χ0n) is 9.64. The SMILES string of the molecule is CC(C)N(CC#N)C(=O)c1cc(F)ccc1O. The van der Waals surface area contributed by atoms with Crippen molar-refractivity contribution in [1.82, 2.24) is 4.90 Å². The molecule has 0 saturated heterocycles. The molecule has 17 heavy (non-hydrogen) atoms. The Labute approximate surface area is 98.9 Å². The van der Waals surface area contributed by atoms with Gasteiger partial charge in [0, 0.05) is 6.04 Å². The van der Waals surface area contributed by atoms with Crippen molar-refractivity contribution in [1.29, 1.82) is 5.26 Å². The summed E-state index contributed by atoms with van der Waals surface area (Å²) in [5.41, 5.74) is -0.131. The van der Waals surface area contributed by atoms with Crippen LogP contribution in [0.25, 0.3) is 0 Å². The summed E-state index contributed by atoms with van der Waals surface area (Å²) in [7, 11) is 0. The van der Waals surface area contributed by atoms with Crippen molar-refractivity contribution in [2.45, 2.75) is 19.9 Å². The van der Waals surface area contributed by atoms with E-state index in [1.165, 1.54) is 4.90 Å². The van der Waals surface area contributed by atoms with Gasteiger partial charge in [-0.05, 0) is 32.0 Å². The van der Waals surface area contributed by atoms with E-state index in [9.17, 15) is 14.3 Å². The second kappa shape index (κ2) is 5.30. The number of nitriles is 1. The lowest BCUT2D eigenvalue weighted by atomic mass is 10.1. The van der Waals surface area contributed by atoms with Crippen LogP contribution in [0.2, 0.25) is 0 Å². The predicted molar refractivity (Wildman–Crippen MR) is 59.9 cm³/mol. The van der Waals surface area contributed by atoms with Crippen LogP contribution in [0.1, 0.15) is 24.2 Å². The molecule has 1 rings (SSSR count). The summed E-state index contributed by atoms with van der Waals surface area (Å²) in [6.07, 6.45) is 0. The Hall–Kier alpha value is -2.09. The lowest BCUT2D eigenvalue weighted by Crippen LogP contribution is -2.37. The fraction of sp³-hybridized carbons (Fsp3) is 0.333. The molecule has 0 aromatic heterocycles. The second-order valence-electron chi connectivity index (χ2n) is 3.85. The maximum absolute atomic E-state index is 13.0. The molecule has 0 radical (unpaired) electrons. The minimum Gasteiger partial charge on any atom is -0.507 e. The van der Waals surface area contributed by atoms with Gasteiger partial charge in [-0.15, -0.1) is 0 Å². The van der Waals surface area contributed by atoms with Crippen molar-refractivity contribution in [3.05, 3.63) is 29.6 Å². The van der Waals surface area contributed by atoms with Crippen LogP contribution in [0.5, 0.6) is 5.75 Å². The maximum atomic E-state index is 13.0. The molecular weight excluding hydrogens is 223 g/mol. The molecule has 0 bridgehead atoms. The van der Waals surface area contributed by atoms with Gasteiger partial charge in [-0.25, -0.2) is 4.39 Å². The van der Waals surface area contributed by atoms with E-state index in [1.807, 2.05) is 6.07 Å². The molecule has 5 heteroatoms. The number of nitrogens with zero attached hydrogens (tertiary/aromatic N) is 2. The normalized spacial score (nSPS) is 10.1. The van der Waals surface area contributed by atoms with E-state index in [-0.39, 0.29) is 23.9 Å². The molecule has 0 aliphatic carbocycles. The maximum Gasteiger partial charge on any atom is 0.258 e. The van der Waals surface area contributed by atoms with Crippen LogP contribution in [0.15, 0.2) is 18.2 Å². The molecule has 0 aliphatic rings. The molecule has 0 unspecified atom stereocenters. The monoisotopic (exact) mass is 236 g/mol. The predicted octanol–water partition coefficient (Wildman–Crippen LogP) is 1.91. The molecule has 0 saturated carbocycles. The molecule has 0 spiro atoms. The lowest BCUT2D eigenvalue weighted by Gasteiger charge is -2.24. The molecule has 0 atom stereocenters. The number of hydrogen-bond donors (Lipinski definition) is 1. The van der Waals surface area contributed by atoms with Crippen molar-refractivity contribution < 1.29 is 14.3 Å². The number of hydrogen-bond acceptors (Lipinski definition) is 3. The summed E-state index contributed by atoms with van der Waals surface area (Å²) in [6.45, 7) is 3.38. The van der Waals surface area contributed by atoms with Gasteiger partial charge >= 0.3 is 0 Å². The van der Waals surface area contributed by atoms with Crippen LogP contribution in [-0.2, 0) is 0 Å². The molecule has 4 nitrogen and oxygen atoms in total. The number of phenols is 1. The van der Waals surface area contributed by atoms with Gasteiger partial charge in [-0.3, -0.25) is 4.79 Å². The third-order valence-corrected chi connectivity index (χ3v) is 2.31. The van der Waals surface area contributed by atoms with E-state index in [0.717, 1.165) is 18.2 Å². The largest absolute Gasteiger partial charge is 0.507 e. The fourth-order valence-electron chi connectivity index (χ4n) is 1.40. The van der Waals surface area contributed by atoms with E-state index in [0.29, 0.717) is 0 Å². The molecular formula is C12H13FN2O2. The van der Waals surface area contributed by atoms with Gasteiger partial charge in [-0.1, -0.05) is 0 Å². The van der Waals surface area contributed by atoms with Crippen LogP contribution in [-0.4, -0.2) is 28.5 Å². The highest BCUT2D eigenvalue weighted by molar-refractivity contribution is 5.97. The summed E-state index contributed by atoms with van der Waals surface area (Å²) in [4.78, 5) is 13.3. The average molecular weight is 236 g/mol. The van der Waals surface area contributed by atoms with Gasteiger partial charge < -0.3 is 10.0 Å². The average Bonchev–Trinajstić information content (AvgIpc) is 2.28. The number of benzene rings is 1. The summed E-state index contributed by atoms with van der Waals surface area (Å²) < 4.78 is 13.0. The number of phenolic OH excluding ortho intramolecular Hbond substituents is 1. The highest BCUT2D eigenvalue weighted by Crippen LogP contribution is 2.20. The van der Waals surface area contributed by atoms with Crippen molar-refractivity contribution in [2.75, 3.05) is 6.54 Å². The standard InChI is InChI=1S/C12H13FN2O2/c1-8(2)15(6-5-14)12(17)10-7-9(13)3-4-11(10)16/h3-4,7-8,16H,6H2,1-2H3. The molecule has 1 amide bonds. The second-order valence-corrected chi connectivity index (χ2v) is 3.85. The molecule has 1 N–H and O–H groups in total. The molecule has 0 aliphatic heterocycles. The third-order valence-electron chi connectivity index (χ3n) is 2.31. The number of halogens is 1. The topological polar surface area (TPSA) is 64.3 Å². The number of rotatable bonds is 3. The molecule has 0 fully saturated rings. The van der Waals surface area contributed by atoms with Gasteiger partial charge in [0.2, 0.25) is 0 Å². The number of carbonyl (C=O) groups is 1. The van der Waals surface area contributed by atoms with Crippen LogP contribution in [0.4, 0.5) is 4.39 Å². The quantitative estimate of drug-likeness (QED) is 0.815. The van der Waals surface area contributed by atoms with Crippen molar-refractivity contribution in [2.24, 2.45) is 0 Å². The van der Waals surface area contributed by atoms with Crippen LogP contribution in [0, 0.1) is 17.1 Å². The van der Waals surface area contributed by atoms with Gasteiger partial charge in [-0.2, -0.15) is 5.26 Å². The third kappa shape index (κ3) is 2.94. The van der Waals surface area contributed by atoms with Gasteiger partial charge in [0.05, 0.1) is 11.6 Å². The summed E-state index contributed by atoms with van der Waals surface area (Å²) >= 11 is 0. The lowest BCUT2D eigenvalue weighted by molar-refractivity contribution is 0.0728. The summed E-state index contributed by atoms with van der Waals surface area (Å²) in [5.74, 6) is -1.45. The first-order valence-electron chi connectivity index (χ1n) is 5.13. The van der Waals surface area contributed by atoms with E-state index in [1.54, 1.807) is 13.8 Å². The van der Waals surface area contributed by atoms with E-state index >= 15 is 0 Å². The van der Waals surface area contributed by atoms with Crippen LogP contribution in [0.3, 0.4) is 0 Å². The smallest absolute Gasteiger partial charge is 0.258 e. The van der Waals surface area contributed by atoms with Gasteiger partial charge in [0.25, 0.3) is 5.91 Å². The Kier molecular flexibility index (Phi) is 4.05. The Morgan fingerprint density at radius 2 is 2.24 bits per heavy atom. The van der Waals surface area contributed by atoms with Gasteiger partial charge in [0.15, 0.2) is 0 Å². The van der Waals surface area contributed by atoms with Crippen molar-refractivity contribution >= 4 is 5.91 Å². The van der Waals surface area contributed by atoms with Crippen LogP contribution >= 0.6 is 0 Å². The summed E-state index contributed by atoms with van der Waals surface area (Å²) in [6, 6.07) is 4.81. The molecule has 90 valence electrons. The van der Waals surface area contributed by atoms with E-state index in [4.69, 9.17) is 5.26 Å². The Morgan fingerprint density at radius 1 is 1.59 bits per heavy atom. The van der Waals surface area contributed by atoms with Gasteiger partial charge in [0.1, 0.15) is 18.1 Å². The molecule has 0 heterocycles. The van der Waals surface area contributed by atoms with E-state index in [2.05, 4.69) is 0 Å². The number of carbonyl (C=O) groups excluding carboxylic acids is 1. The fourth-order valence-corrected chi connectivity index (χ4v) is 1.40. The first-order valence-corrected chi connectivity index (χ1v) is 5.13. The summed E-state index contributed by atoms with van der Waals surface area (Å²) in [5, 5.41) is 18.1. The number of amides is 1. The first kappa shape index (κ1) is 13.0. The Balaban J connectivity index is 3.10. The highest BCUT2D eigenvalue weighted by Gasteiger charge is 2.21. The highest BCUT2D eigenvalue weighted by atomic mass is 19.1. The van der Waals surface area contributed by atoms with E-state index < -0.39 is 11.7 Å². The first-order chi connectivity index (χ1) is 7.97.